The molecule has 0 saturated heterocycles. The quantitative estimate of drug-likeness (QED) is 0.703. The molecule has 3 nitrogen and oxygen atoms in total. The van der Waals surface area contributed by atoms with E-state index in [-0.39, 0.29) is 0 Å². The van der Waals surface area contributed by atoms with Gasteiger partial charge in [0.25, 0.3) is 0 Å². The molecule has 3 rings (SSSR count). The van der Waals surface area contributed by atoms with Gasteiger partial charge in [0, 0.05) is 5.56 Å². The van der Waals surface area contributed by atoms with Gasteiger partial charge in [-0.2, -0.15) is 10.4 Å². The second kappa shape index (κ2) is 5.02. The first-order valence-electron chi connectivity index (χ1n) is 6.40. The summed E-state index contributed by atoms with van der Waals surface area (Å²) in [5, 5.41) is 13.7. The number of aryl methyl sites for hydroxylation is 1. The lowest BCUT2D eigenvalue weighted by Gasteiger charge is -2.08. The number of hydrogen-bond donors (Lipinski definition) is 0. The molecule has 0 fully saturated rings. The highest BCUT2D eigenvalue weighted by molar-refractivity contribution is 5.68. The third-order valence-corrected chi connectivity index (χ3v) is 3.18. The van der Waals surface area contributed by atoms with Crippen LogP contribution in [0.5, 0.6) is 0 Å². The van der Waals surface area contributed by atoms with Crippen LogP contribution in [0.3, 0.4) is 0 Å². The predicted molar refractivity (Wildman–Crippen MR) is 78.5 cm³/mol. The summed E-state index contributed by atoms with van der Waals surface area (Å²) in [6, 6.07) is 20.2. The molecule has 20 heavy (non-hydrogen) atoms. The Bertz CT molecular complexity index is 779. The fourth-order valence-corrected chi connectivity index (χ4v) is 2.26. The predicted octanol–water partition coefficient (Wildman–Crippen LogP) is 3.72. The molecule has 3 heteroatoms. The second-order valence-corrected chi connectivity index (χ2v) is 4.64. The first-order chi connectivity index (χ1) is 9.79. The Morgan fingerprint density at radius 1 is 1.05 bits per heavy atom. The Morgan fingerprint density at radius 2 is 1.85 bits per heavy atom. The molecular formula is C17H13N3. The average molecular weight is 259 g/mol. The van der Waals surface area contributed by atoms with E-state index in [1.165, 1.54) is 0 Å². The molecular weight excluding hydrogens is 246 g/mol. The lowest BCUT2D eigenvalue weighted by molar-refractivity contribution is 0.886. The molecule has 0 radical (unpaired) electrons. The number of hydrogen-bond acceptors (Lipinski definition) is 2. The SMILES string of the molecule is Cc1cccc(-n2ncc(C#N)c2-c2ccccc2)c1. The van der Waals surface area contributed by atoms with Crippen molar-refractivity contribution < 1.29 is 0 Å². The fraction of sp³-hybridized carbons (Fsp3) is 0.0588. The van der Waals surface area contributed by atoms with Crippen LogP contribution in [-0.2, 0) is 0 Å². The summed E-state index contributed by atoms with van der Waals surface area (Å²) in [7, 11) is 0. The monoisotopic (exact) mass is 259 g/mol. The van der Waals surface area contributed by atoms with Crippen LogP contribution in [0, 0.1) is 18.3 Å². The maximum absolute atomic E-state index is 9.29. The van der Waals surface area contributed by atoms with E-state index in [0.717, 1.165) is 22.5 Å². The Hall–Kier alpha value is -2.86. The highest BCUT2D eigenvalue weighted by Crippen LogP contribution is 2.26. The Kier molecular flexibility index (Phi) is 3.06. The van der Waals surface area contributed by atoms with Gasteiger partial charge in [-0.1, -0.05) is 42.5 Å². The summed E-state index contributed by atoms with van der Waals surface area (Å²) in [6.07, 6.45) is 1.62. The summed E-state index contributed by atoms with van der Waals surface area (Å²) in [5.41, 5.74) is 4.53. The van der Waals surface area contributed by atoms with Gasteiger partial charge in [0.05, 0.1) is 23.1 Å². The number of benzene rings is 2. The normalized spacial score (nSPS) is 10.2. The molecule has 0 spiro atoms. The van der Waals surface area contributed by atoms with Crippen molar-refractivity contribution in [3.8, 4) is 23.0 Å². The first kappa shape index (κ1) is 12.2. The minimum Gasteiger partial charge on any atom is -0.232 e. The van der Waals surface area contributed by atoms with E-state index in [1.807, 2.05) is 60.1 Å². The molecule has 3 aromatic rings. The smallest absolute Gasteiger partial charge is 0.103 e. The van der Waals surface area contributed by atoms with Crippen molar-refractivity contribution in [1.29, 1.82) is 5.26 Å². The first-order valence-corrected chi connectivity index (χ1v) is 6.40. The van der Waals surface area contributed by atoms with Crippen molar-refractivity contribution in [3.05, 3.63) is 71.9 Å². The molecule has 0 unspecified atom stereocenters. The fourth-order valence-electron chi connectivity index (χ4n) is 2.26. The molecule has 0 aliphatic heterocycles. The Balaban J connectivity index is 2.24. The van der Waals surface area contributed by atoms with Gasteiger partial charge in [0.2, 0.25) is 0 Å². The van der Waals surface area contributed by atoms with E-state index in [4.69, 9.17) is 0 Å². The number of nitriles is 1. The van der Waals surface area contributed by atoms with E-state index in [1.54, 1.807) is 6.20 Å². The van der Waals surface area contributed by atoms with Gasteiger partial charge >= 0.3 is 0 Å². The molecule has 96 valence electrons. The van der Waals surface area contributed by atoms with E-state index >= 15 is 0 Å². The molecule has 0 atom stereocenters. The highest BCUT2D eigenvalue weighted by Gasteiger charge is 2.13. The van der Waals surface area contributed by atoms with Crippen LogP contribution in [0.2, 0.25) is 0 Å². The van der Waals surface area contributed by atoms with Crippen LogP contribution < -0.4 is 0 Å². The minimum atomic E-state index is 0.581. The summed E-state index contributed by atoms with van der Waals surface area (Å²) in [6.45, 7) is 2.04. The lowest BCUT2D eigenvalue weighted by Crippen LogP contribution is -1.99. The maximum Gasteiger partial charge on any atom is 0.103 e. The molecule has 0 saturated carbocycles. The molecule has 1 aromatic heterocycles. The largest absolute Gasteiger partial charge is 0.232 e. The standard InChI is InChI=1S/C17H13N3/c1-13-6-5-9-16(10-13)20-17(15(11-18)12-19-20)14-7-3-2-4-8-14/h2-10,12H,1H3. The van der Waals surface area contributed by atoms with E-state index in [9.17, 15) is 5.26 Å². The van der Waals surface area contributed by atoms with Crippen LogP contribution in [0.25, 0.3) is 16.9 Å². The van der Waals surface area contributed by atoms with Gasteiger partial charge in [0.1, 0.15) is 6.07 Å². The zero-order chi connectivity index (χ0) is 13.9. The number of rotatable bonds is 2. The van der Waals surface area contributed by atoms with Crippen LogP contribution in [0.15, 0.2) is 60.8 Å². The lowest BCUT2D eigenvalue weighted by atomic mass is 10.1. The maximum atomic E-state index is 9.29. The van der Waals surface area contributed by atoms with Crippen molar-refractivity contribution in [2.75, 3.05) is 0 Å². The summed E-state index contributed by atoms with van der Waals surface area (Å²) < 4.78 is 1.82. The zero-order valence-electron chi connectivity index (χ0n) is 11.1. The summed E-state index contributed by atoms with van der Waals surface area (Å²) >= 11 is 0. The zero-order valence-corrected chi connectivity index (χ0v) is 11.1. The van der Waals surface area contributed by atoms with Crippen molar-refractivity contribution >= 4 is 0 Å². The number of nitrogens with zero attached hydrogens (tertiary/aromatic N) is 3. The van der Waals surface area contributed by atoms with Crippen LogP contribution in [-0.4, -0.2) is 9.78 Å². The third kappa shape index (κ3) is 2.08. The number of aromatic nitrogens is 2. The average Bonchev–Trinajstić information content (AvgIpc) is 2.92. The molecule has 1 heterocycles. The molecule has 0 aliphatic rings. The van der Waals surface area contributed by atoms with Gasteiger partial charge in [0.15, 0.2) is 0 Å². The summed E-state index contributed by atoms with van der Waals surface area (Å²) in [4.78, 5) is 0. The van der Waals surface area contributed by atoms with Crippen molar-refractivity contribution in [2.24, 2.45) is 0 Å². The summed E-state index contributed by atoms with van der Waals surface area (Å²) in [5.74, 6) is 0. The van der Waals surface area contributed by atoms with Gasteiger partial charge in [-0.25, -0.2) is 4.68 Å². The Labute approximate surface area is 117 Å². The van der Waals surface area contributed by atoms with Crippen LogP contribution in [0.4, 0.5) is 0 Å². The van der Waals surface area contributed by atoms with E-state index in [0.29, 0.717) is 5.56 Å². The van der Waals surface area contributed by atoms with Crippen molar-refractivity contribution in [2.45, 2.75) is 6.92 Å². The highest BCUT2D eigenvalue weighted by atomic mass is 15.3. The molecule has 0 bridgehead atoms. The van der Waals surface area contributed by atoms with E-state index in [2.05, 4.69) is 17.2 Å². The molecule has 2 aromatic carbocycles. The van der Waals surface area contributed by atoms with Gasteiger partial charge in [-0.3, -0.25) is 0 Å². The van der Waals surface area contributed by atoms with Gasteiger partial charge in [-0.15, -0.1) is 0 Å². The van der Waals surface area contributed by atoms with E-state index < -0.39 is 0 Å². The van der Waals surface area contributed by atoms with Crippen LogP contribution in [0.1, 0.15) is 11.1 Å². The van der Waals surface area contributed by atoms with Crippen molar-refractivity contribution in [3.63, 3.8) is 0 Å². The third-order valence-electron chi connectivity index (χ3n) is 3.18. The molecule has 0 aliphatic carbocycles. The molecule has 0 N–H and O–H groups in total. The molecule has 0 amide bonds. The second-order valence-electron chi connectivity index (χ2n) is 4.64. The minimum absolute atomic E-state index is 0.581. The Morgan fingerprint density at radius 3 is 2.55 bits per heavy atom. The topological polar surface area (TPSA) is 41.6 Å². The van der Waals surface area contributed by atoms with Crippen molar-refractivity contribution in [1.82, 2.24) is 9.78 Å². The van der Waals surface area contributed by atoms with Gasteiger partial charge < -0.3 is 0 Å². The van der Waals surface area contributed by atoms with Crippen LogP contribution >= 0.6 is 0 Å². The van der Waals surface area contributed by atoms with Gasteiger partial charge in [-0.05, 0) is 24.6 Å².